The summed E-state index contributed by atoms with van der Waals surface area (Å²) in [4.78, 5) is 3.59. The molecule has 0 saturated carbocycles. The van der Waals surface area contributed by atoms with Gasteiger partial charge in [-0.25, -0.2) is 13.4 Å². The Balaban J connectivity index is 1.76. The molecule has 0 unspecified atom stereocenters. The quantitative estimate of drug-likeness (QED) is 0.444. The third-order valence-corrected chi connectivity index (χ3v) is 5.67. The van der Waals surface area contributed by atoms with Crippen LogP contribution in [0.5, 0.6) is 11.5 Å². The Kier molecular flexibility index (Phi) is 5.38. The van der Waals surface area contributed by atoms with Crippen molar-refractivity contribution in [2.45, 2.75) is 11.3 Å². The minimum absolute atomic E-state index is 0.0271. The van der Waals surface area contributed by atoms with Gasteiger partial charge in [-0.15, -0.1) is 13.2 Å². The van der Waals surface area contributed by atoms with Crippen molar-refractivity contribution in [3.8, 4) is 22.8 Å². The minimum Gasteiger partial charge on any atom is -0.496 e. The zero-order valence-corrected chi connectivity index (χ0v) is 17.1. The van der Waals surface area contributed by atoms with Gasteiger partial charge in [0.2, 0.25) is 0 Å². The van der Waals surface area contributed by atoms with Crippen molar-refractivity contribution < 1.29 is 35.6 Å². The van der Waals surface area contributed by atoms with E-state index in [9.17, 15) is 21.6 Å². The molecule has 4 aromatic rings. The van der Waals surface area contributed by atoms with Gasteiger partial charge in [-0.3, -0.25) is 4.72 Å². The Morgan fingerprint density at radius 1 is 1.00 bits per heavy atom. The van der Waals surface area contributed by atoms with Gasteiger partial charge in [0, 0.05) is 11.6 Å². The van der Waals surface area contributed by atoms with Crippen LogP contribution in [0.25, 0.3) is 22.4 Å². The summed E-state index contributed by atoms with van der Waals surface area (Å²) in [6.07, 6.45) is -5.08. The van der Waals surface area contributed by atoms with Crippen molar-refractivity contribution >= 4 is 26.9 Å². The number of methoxy groups -OCH3 is 1. The summed E-state index contributed by atoms with van der Waals surface area (Å²) >= 11 is 0. The molecule has 0 saturated heterocycles. The molecule has 2 heterocycles. The van der Waals surface area contributed by atoms with Crippen LogP contribution in [0.1, 0.15) is 0 Å². The highest BCUT2D eigenvalue weighted by atomic mass is 32.2. The Hall–Kier alpha value is -3.80. The summed E-state index contributed by atoms with van der Waals surface area (Å²) in [7, 11) is -3.18. The molecule has 0 fully saturated rings. The van der Waals surface area contributed by atoms with Gasteiger partial charge < -0.3 is 14.0 Å². The van der Waals surface area contributed by atoms with Crippen LogP contribution in [0, 0.1) is 0 Å². The lowest BCUT2D eigenvalue weighted by molar-refractivity contribution is -0.275. The van der Waals surface area contributed by atoms with Crippen LogP contribution >= 0.6 is 0 Å². The largest absolute Gasteiger partial charge is 0.573 e. The van der Waals surface area contributed by atoms with Crippen LogP contribution in [0.3, 0.4) is 0 Å². The van der Waals surface area contributed by atoms with Gasteiger partial charge in [0.05, 0.1) is 12.8 Å². The molecule has 32 heavy (non-hydrogen) atoms. The second kappa shape index (κ2) is 8.04. The smallest absolute Gasteiger partial charge is 0.496 e. The zero-order valence-electron chi connectivity index (χ0n) is 16.3. The summed E-state index contributed by atoms with van der Waals surface area (Å²) in [5.41, 5.74) is 1.22. The van der Waals surface area contributed by atoms with Crippen LogP contribution in [-0.2, 0) is 10.0 Å². The van der Waals surface area contributed by atoms with Crippen LogP contribution in [0.2, 0.25) is 0 Å². The van der Waals surface area contributed by atoms with E-state index < -0.39 is 27.0 Å². The first-order valence-electron chi connectivity index (χ1n) is 8.95. The number of pyridine rings is 1. The number of hydrogen-bond donors (Lipinski definition) is 1. The van der Waals surface area contributed by atoms with Gasteiger partial charge in [-0.1, -0.05) is 47.6 Å². The second-order valence-corrected chi connectivity index (χ2v) is 8.04. The monoisotopic (exact) mass is 465 g/mol. The van der Waals surface area contributed by atoms with Crippen molar-refractivity contribution in [3.05, 3.63) is 60.7 Å². The van der Waals surface area contributed by atoms with E-state index in [-0.39, 0.29) is 22.7 Å². The van der Waals surface area contributed by atoms with E-state index >= 15 is 0 Å². The lowest BCUT2D eigenvalue weighted by atomic mass is 10.1. The molecule has 4 rings (SSSR count). The third-order valence-electron chi connectivity index (χ3n) is 4.30. The number of rotatable bonds is 6. The normalized spacial score (nSPS) is 12.0. The second-order valence-electron chi connectivity index (χ2n) is 6.39. The third kappa shape index (κ3) is 4.30. The van der Waals surface area contributed by atoms with E-state index in [4.69, 9.17) is 9.26 Å². The van der Waals surface area contributed by atoms with E-state index in [2.05, 4.69) is 19.6 Å². The molecule has 0 atom stereocenters. The van der Waals surface area contributed by atoms with Crippen LogP contribution < -0.4 is 14.2 Å². The van der Waals surface area contributed by atoms with Gasteiger partial charge in [0.25, 0.3) is 15.7 Å². The van der Waals surface area contributed by atoms with Gasteiger partial charge >= 0.3 is 6.36 Å². The average Bonchev–Trinajstić information content (AvgIpc) is 3.15. The number of aromatic nitrogens is 2. The summed E-state index contributed by atoms with van der Waals surface area (Å²) in [6, 6.07) is 15.0. The van der Waals surface area contributed by atoms with E-state index in [1.165, 1.54) is 19.2 Å². The number of anilines is 1. The predicted molar refractivity (Wildman–Crippen MR) is 108 cm³/mol. The summed E-state index contributed by atoms with van der Waals surface area (Å²) in [5, 5.41) is 3.78. The molecule has 0 bridgehead atoms. The first-order valence-corrected chi connectivity index (χ1v) is 10.4. The van der Waals surface area contributed by atoms with Gasteiger partial charge in [0.1, 0.15) is 21.8 Å². The molecular formula is C20H14F3N3O5S. The lowest BCUT2D eigenvalue weighted by Crippen LogP contribution is -2.21. The van der Waals surface area contributed by atoms with E-state index in [1.54, 1.807) is 6.07 Å². The zero-order chi connectivity index (χ0) is 22.9. The standard InChI is InChI=1S/C20H14F3N3O5S/c1-29-15-11-13(12-7-3-2-4-8-12)24-19-17(15)18(25-31-19)26-32(27,28)16-10-6-5-9-14(16)30-20(21,22)23/h2-11H,1H3,(H,25,26). The summed E-state index contributed by atoms with van der Waals surface area (Å²) in [6.45, 7) is 0. The molecule has 8 nitrogen and oxygen atoms in total. The molecule has 12 heteroatoms. The van der Waals surface area contributed by atoms with Crippen LogP contribution in [0.15, 0.2) is 70.1 Å². The van der Waals surface area contributed by atoms with E-state index in [0.29, 0.717) is 5.69 Å². The number of ether oxygens (including phenoxy) is 2. The van der Waals surface area contributed by atoms with Gasteiger partial charge in [0.15, 0.2) is 5.82 Å². The fourth-order valence-corrected chi connectivity index (χ4v) is 4.10. The van der Waals surface area contributed by atoms with Crippen molar-refractivity contribution in [2.24, 2.45) is 0 Å². The number of sulfonamides is 1. The minimum atomic E-state index is -5.08. The topological polar surface area (TPSA) is 104 Å². The number of para-hydroxylation sites is 1. The molecule has 0 amide bonds. The van der Waals surface area contributed by atoms with Crippen molar-refractivity contribution in [2.75, 3.05) is 11.8 Å². The number of fused-ring (bicyclic) bond motifs is 1. The first-order chi connectivity index (χ1) is 15.2. The molecule has 1 N–H and O–H groups in total. The maximum Gasteiger partial charge on any atom is 0.573 e. The van der Waals surface area contributed by atoms with Crippen LogP contribution in [-0.4, -0.2) is 32.0 Å². The number of nitrogens with one attached hydrogen (secondary N) is 1. The number of benzene rings is 2. The van der Waals surface area contributed by atoms with Crippen LogP contribution in [0.4, 0.5) is 19.0 Å². The van der Waals surface area contributed by atoms with E-state index in [0.717, 1.165) is 17.7 Å². The maximum atomic E-state index is 12.8. The SMILES string of the molecule is COc1cc(-c2ccccc2)nc2onc(NS(=O)(=O)c3ccccc3OC(F)(F)F)c12. The molecule has 0 aliphatic heterocycles. The Labute approximate surface area is 179 Å². The number of hydrogen-bond acceptors (Lipinski definition) is 7. The molecule has 0 radical (unpaired) electrons. The van der Waals surface area contributed by atoms with Crippen molar-refractivity contribution in [1.82, 2.24) is 10.1 Å². The molecule has 2 aromatic carbocycles. The lowest BCUT2D eigenvalue weighted by Gasteiger charge is -2.13. The van der Waals surface area contributed by atoms with Crippen molar-refractivity contribution in [3.63, 3.8) is 0 Å². The first kappa shape index (κ1) is 21.4. The summed E-state index contributed by atoms with van der Waals surface area (Å²) in [5.74, 6) is -0.991. The highest BCUT2D eigenvalue weighted by Gasteiger charge is 2.34. The van der Waals surface area contributed by atoms with Gasteiger partial charge in [-0.2, -0.15) is 0 Å². The van der Waals surface area contributed by atoms with Gasteiger partial charge in [-0.05, 0) is 12.1 Å². The number of nitrogens with zero attached hydrogens (tertiary/aromatic N) is 2. The molecule has 166 valence electrons. The predicted octanol–water partition coefficient (Wildman–Crippen LogP) is 4.60. The Bertz CT molecular complexity index is 1370. The fraction of sp³-hybridized carbons (Fsp3) is 0.100. The Morgan fingerprint density at radius 3 is 2.38 bits per heavy atom. The highest BCUT2D eigenvalue weighted by molar-refractivity contribution is 7.92. The number of halogens is 3. The van der Waals surface area contributed by atoms with Crippen molar-refractivity contribution in [1.29, 1.82) is 0 Å². The average molecular weight is 465 g/mol. The molecule has 0 aliphatic carbocycles. The molecule has 0 aliphatic rings. The van der Waals surface area contributed by atoms with E-state index in [1.807, 2.05) is 30.3 Å². The molecule has 0 spiro atoms. The number of alkyl halides is 3. The summed E-state index contributed by atoms with van der Waals surface area (Å²) < 4.78 is 80.2. The molecular weight excluding hydrogens is 451 g/mol. The fourth-order valence-electron chi connectivity index (χ4n) is 2.97. The highest BCUT2D eigenvalue weighted by Crippen LogP contribution is 2.36. The molecule has 2 aromatic heterocycles. The Morgan fingerprint density at radius 2 is 1.69 bits per heavy atom. The maximum absolute atomic E-state index is 12.8.